The Bertz CT molecular complexity index is 658. The van der Waals surface area contributed by atoms with Crippen molar-refractivity contribution < 1.29 is 4.79 Å². The fraction of sp³-hybridized carbons (Fsp3) is 0.438. The maximum Gasteiger partial charge on any atom is 0.251 e. The Hall–Kier alpha value is -1.92. The zero-order chi connectivity index (χ0) is 15.5. The molecule has 0 saturated carbocycles. The number of rotatable bonds is 3. The van der Waals surface area contributed by atoms with Crippen LogP contribution in [0.4, 0.5) is 0 Å². The zero-order valence-corrected chi connectivity index (χ0v) is 14.1. The quantitative estimate of drug-likeness (QED) is 0.896. The number of nitrogens with zero attached hydrogens (tertiary/aromatic N) is 3. The van der Waals surface area contributed by atoms with Crippen LogP contribution in [0.5, 0.6) is 0 Å². The molecule has 2 aromatic rings. The topological polar surface area (TPSA) is 71.8 Å². The van der Waals surface area contributed by atoms with E-state index in [1.165, 1.54) is 6.33 Å². The summed E-state index contributed by atoms with van der Waals surface area (Å²) in [5.74, 6) is 0.445. The summed E-state index contributed by atoms with van der Waals surface area (Å²) in [4.78, 5) is 16.4. The molecule has 1 aliphatic rings. The van der Waals surface area contributed by atoms with E-state index in [0.717, 1.165) is 30.8 Å². The van der Waals surface area contributed by atoms with E-state index in [-0.39, 0.29) is 24.4 Å². The third-order valence-electron chi connectivity index (χ3n) is 4.23. The summed E-state index contributed by atoms with van der Waals surface area (Å²) < 4.78 is 1.70. The normalized spacial score (nSPS) is 20.6. The molecule has 0 aliphatic carbocycles. The molecular weight excluding hydrogens is 314 g/mol. The molecule has 23 heavy (non-hydrogen) atoms. The van der Waals surface area contributed by atoms with E-state index in [1.807, 2.05) is 25.1 Å². The van der Waals surface area contributed by atoms with Gasteiger partial charge in [-0.2, -0.15) is 5.10 Å². The second-order valence-electron chi connectivity index (χ2n) is 5.89. The van der Waals surface area contributed by atoms with Gasteiger partial charge in [0.15, 0.2) is 0 Å². The van der Waals surface area contributed by atoms with Crippen LogP contribution >= 0.6 is 12.4 Å². The highest BCUT2D eigenvalue weighted by Crippen LogP contribution is 2.16. The van der Waals surface area contributed by atoms with Crippen LogP contribution in [0.15, 0.2) is 30.9 Å². The van der Waals surface area contributed by atoms with Gasteiger partial charge in [0, 0.05) is 11.6 Å². The number of benzene rings is 1. The molecule has 1 aliphatic heterocycles. The van der Waals surface area contributed by atoms with Crippen molar-refractivity contribution in [3.05, 3.63) is 42.0 Å². The molecule has 2 heterocycles. The van der Waals surface area contributed by atoms with Crippen LogP contribution in [0.3, 0.4) is 0 Å². The monoisotopic (exact) mass is 335 g/mol. The molecule has 1 saturated heterocycles. The van der Waals surface area contributed by atoms with Crippen molar-refractivity contribution in [1.29, 1.82) is 0 Å². The molecule has 3 rings (SSSR count). The van der Waals surface area contributed by atoms with Crippen molar-refractivity contribution >= 4 is 18.3 Å². The molecule has 7 heteroatoms. The molecule has 0 radical (unpaired) electrons. The van der Waals surface area contributed by atoms with Crippen LogP contribution in [0, 0.1) is 12.8 Å². The lowest BCUT2D eigenvalue weighted by molar-refractivity contribution is 0.0914. The second-order valence-corrected chi connectivity index (χ2v) is 5.89. The molecule has 0 bridgehead atoms. The molecule has 1 aromatic carbocycles. The number of hydrogen-bond acceptors (Lipinski definition) is 4. The summed E-state index contributed by atoms with van der Waals surface area (Å²) in [6.45, 7) is 6.05. The average molecular weight is 336 g/mol. The Kier molecular flexibility index (Phi) is 5.74. The van der Waals surface area contributed by atoms with Crippen LogP contribution in [-0.2, 0) is 0 Å². The number of carbonyl (C=O) groups is 1. The Morgan fingerprint density at radius 1 is 1.43 bits per heavy atom. The largest absolute Gasteiger partial charge is 0.349 e. The zero-order valence-electron chi connectivity index (χ0n) is 13.3. The van der Waals surface area contributed by atoms with Crippen molar-refractivity contribution in [1.82, 2.24) is 25.4 Å². The van der Waals surface area contributed by atoms with Crippen LogP contribution < -0.4 is 10.6 Å². The van der Waals surface area contributed by atoms with E-state index in [4.69, 9.17) is 0 Å². The Balaban J connectivity index is 0.00000192. The maximum atomic E-state index is 12.4. The lowest BCUT2D eigenvalue weighted by Crippen LogP contribution is -2.48. The number of hydrogen-bond donors (Lipinski definition) is 2. The SMILES string of the molecule is Cc1cc(C(=O)NC2CCNCC2C)ccc1-n1cncn1.Cl. The van der Waals surface area contributed by atoms with Crippen molar-refractivity contribution in [2.75, 3.05) is 13.1 Å². The standard InChI is InChI=1S/C16H21N5O.ClH/c1-11-7-13(3-4-15(11)21-10-18-9-19-21)16(22)20-14-5-6-17-8-12(14)2;/h3-4,7,9-10,12,14,17H,5-6,8H2,1-2H3,(H,20,22);1H. The number of carbonyl (C=O) groups excluding carboxylic acids is 1. The van der Waals surface area contributed by atoms with Gasteiger partial charge in [-0.15, -0.1) is 12.4 Å². The summed E-state index contributed by atoms with van der Waals surface area (Å²) in [7, 11) is 0. The van der Waals surface area contributed by atoms with E-state index in [1.54, 1.807) is 11.0 Å². The molecule has 6 nitrogen and oxygen atoms in total. The first-order valence-electron chi connectivity index (χ1n) is 7.62. The van der Waals surface area contributed by atoms with Crippen molar-refractivity contribution in [3.8, 4) is 5.69 Å². The summed E-state index contributed by atoms with van der Waals surface area (Å²) in [6.07, 6.45) is 4.13. The summed E-state index contributed by atoms with van der Waals surface area (Å²) in [5.41, 5.74) is 2.62. The van der Waals surface area contributed by atoms with Gasteiger partial charge < -0.3 is 10.6 Å². The predicted octanol–water partition coefficient (Wildman–Crippen LogP) is 1.73. The molecule has 1 aromatic heterocycles. The fourth-order valence-electron chi connectivity index (χ4n) is 2.87. The van der Waals surface area contributed by atoms with E-state index in [9.17, 15) is 4.79 Å². The van der Waals surface area contributed by atoms with Gasteiger partial charge in [-0.05, 0) is 56.1 Å². The Labute approximate surface area is 142 Å². The minimum atomic E-state index is -0.00742. The number of aryl methyl sites for hydroxylation is 1. The maximum absolute atomic E-state index is 12.4. The third kappa shape index (κ3) is 3.89. The fourth-order valence-corrected chi connectivity index (χ4v) is 2.87. The average Bonchev–Trinajstić information content (AvgIpc) is 3.03. The van der Waals surface area contributed by atoms with Gasteiger partial charge in [-0.25, -0.2) is 9.67 Å². The van der Waals surface area contributed by atoms with Crippen molar-refractivity contribution in [2.45, 2.75) is 26.3 Å². The number of piperidine rings is 1. The van der Waals surface area contributed by atoms with E-state index in [0.29, 0.717) is 11.5 Å². The molecular formula is C16H22ClN5O. The van der Waals surface area contributed by atoms with Gasteiger partial charge in [-0.1, -0.05) is 6.92 Å². The van der Waals surface area contributed by atoms with Crippen molar-refractivity contribution in [2.24, 2.45) is 5.92 Å². The predicted molar refractivity (Wildman–Crippen MR) is 91.2 cm³/mol. The number of nitrogens with one attached hydrogen (secondary N) is 2. The first-order chi connectivity index (χ1) is 10.6. The smallest absolute Gasteiger partial charge is 0.251 e. The Morgan fingerprint density at radius 3 is 2.91 bits per heavy atom. The minimum absolute atomic E-state index is 0. The third-order valence-corrected chi connectivity index (χ3v) is 4.23. The van der Waals surface area contributed by atoms with Crippen LogP contribution in [-0.4, -0.2) is 39.8 Å². The highest BCUT2D eigenvalue weighted by atomic mass is 35.5. The first-order valence-corrected chi connectivity index (χ1v) is 7.62. The highest BCUT2D eigenvalue weighted by Gasteiger charge is 2.23. The molecule has 1 amide bonds. The van der Waals surface area contributed by atoms with Crippen LogP contribution in [0.25, 0.3) is 5.69 Å². The summed E-state index contributed by atoms with van der Waals surface area (Å²) in [6, 6.07) is 5.89. The van der Waals surface area contributed by atoms with Gasteiger partial charge in [-0.3, -0.25) is 4.79 Å². The molecule has 2 N–H and O–H groups in total. The van der Waals surface area contributed by atoms with Gasteiger partial charge in [0.1, 0.15) is 12.7 Å². The van der Waals surface area contributed by atoms with Crippen LogP contribution in [0.2, 0.25) is 0 Å². The molecule has 1 fully saturated rings. The van der Waals surface area contributed by atoms with E-state index >= 15 is 0 Å². The lowest BCUT2D eigenvalue weighted by atomic mass is 9.95. The molecule has 2 atom stereocenters. The van der Waals surface area contributed by atoms with Crippen LogP contribution in [0.1, 0.15) is 29.3 Å². The van der Waals surface area contributed by atoms with Gasteiger partial charge in [0.2, 0.25) is 0 Å². The van der Waals surface area contributed by atoms with Gasteiger partial charge in [0.05, 0.1) is 5.69 Å². The minimum Gasteiger partial charge on any atom is -0.349 e. The number of halogens is 1. The first kappa shape index (κ1) is 17.4. The van der Waals surface area contributed by atoms with E-state index < -0.39 is 0 Å². The number of amides is 1. The summed E-state index contributed by atoms with van der Waals surface area (Å²) >= 11 is 0. The highest BCUT2D eigenvalue weighted by molar-refractivity contribution is 5.94. The lowest BCUT2D eigenvalue weighted by Gasteiger charge is -2.30. The van der Waals surface area contributed by atoms with Gasteiger partial charge in [0.25, 0.3) is 5.91 Å². The van der Waals surface area contributed by atoms with Gasteiger partial charge >= 0.3 is 0 Å². The molecule has 124 valence electrons. The summed E-state index contributed by atoms with van der Waals surface area (Å²) in [5, 5.41) is 10.6. The number of aromatic nitrogens is 3. The van der Waals surface area contributed by atoms with Crippen molar-refractivity contribution in [3.63, 3.8) is 0 Å². The second kappa shape index (κ2) is 7.57. The van der Waals surface area contributed by atoms with E-state index in [2.05, 4.69) is 27.6 Å². The Morgan fingerprint density at radius 2 is 2.26 bits per heavy atom. The molecule has 2 unspecified atom stereocenters. The molecule has 0 spiro atoms.